The van der Waals surface area contributed by atoms with E-state index >= 15 is 0 Å². The molecule has 1 aromatic heterocycles. The first-order valence-corrected chi connectivity index (χ1v) is 7.07. The van der Waals surface area contributed by atoms with E-state index in [0.29, 0.717) is 12.1 Å². The number of hydrogen-bond donors (Lipinski definition) is 1. The van der Waals surface area contributed by atoms with E-state index in [1.165, 1.54) is 11.3 Å². The van der Waals surface area contributed by atoms with Crippen LogP contribution < -0.4 is 10.2 Å². The van der Waals surface area contributed by atoms with E-state index in [1.54, 1.807) is 0 Å². The summed E-state index contributed by atoms with van der Waals surface area (Å²) in [5.41, 5.74) is 2.54. The molecule has 0 bridgehead atoms. The van der Waals surface area contributed by atoms with Gasteiger partial charge in [-0.2, -0.15) is 5.10 Å². The predicted octanol–water partition coefficient (Wildman–Crippen LogP) is 2.69. The van der Waals surface area contributed by atoms with Crippen molar-refractivity contribution < 1.29 is 0 Å². The Hall–Kier alpha value is -1.81. The molecule has 20 heavy (non-hydrogen) atoms. The van der Waals surface area contributed by atoms with Gasteiger partial charge in [-0.3, -0.25) is 4.68 Å². The van der Waals surface area contributed by atoms with Crippen molar-refractivity contribution in [2.75, 3.05) is 19.0 Å². The molecule has 1 aromatic carbocycles. The van der Waals surface area contributed by atoms with Crippen LogP contribution in [0.25, 0.3) is 0 Å². The van der Waals surface area contributed by atoms with Crippen LogP contribution in [0.4, 0.5) is 5.69 Å². The fourth-order valence-electron chi connectivity index (χ4n) is 2.33. The fourth-order valence-corrected chi connectivity index (χ4v) is 2.33. The maximum atomic E-state index is 4.24. The standard InChI is InChI=1S/C16H24N4/c1-13(12-20-11-5-10-17-20)18-14(2)15-6-8-16(9-7-15)19(3)4/h5-11,13-14,18H,12H2,1-4H3. The van der Waals surface area contributed by atoms with Gasteiger partial charge in [0.15, 0.2) is 0 Å². The van der Waals surface area contributed by atoms with Gasteiger partial charge in [-0.25, -0.2) is 0 Å². The molecule has 0 amide bonds. The zero-order chi connectivity index (χ0) is 14.5. The maximum Gasteiger partial charge on any atom is 0.0560 e. The van der Waals surface area contributed by atoms with E-state index in [-0.39, 0.29) is 0 Å². The van der Waals surface area contributed by atoms with Crippen LogP contribution in [0.3, 0.4) is 0 Å². The molecule has 2 atom stereocenters. The minimum atomic E-state index is 0.330. The van der Waals surface area contributed by atoms with Crippen LogP contribution in [0.2, 0.25) is 0 Å². The smallest absolute Gasteiger partial charge is 0.0560 e. The number of nitrogens with zero attached hydrogens (tertiary/aromatic N) is 3. The quantitative estimate of drug-likeness (QED) is 0.877. The van der Waals surface area contributed by atoms with Crippen molar-refractivity contribution in [3.63, 3.8) is 0 Å². The highest BCUT2D eigenvalue weighted by molar-refractivity contribution is 5.46. The Bertz CT molecular complexity index is 502. The molecule has 0 aliphatic heterocycles. The maximum absolute atomic E-state index is 4.24. The SMILES string of the molecule is CC(Cn1cccn1)NC(C)c1ccc(N(C)C)cc1. The average Bonchev–Trinajstić information content (AvgIpc) is 2.91. The van der Waals surface area contributed by atoms with Crippen LogP contribution in [0.5, 0.6) is 0 Å². The molecule has 4 nitrogen and oxygen atoms in total. The van der Waals surface area contributed by atoms with E-state index in [0.717, 1.165) is 6.54 Å². The molecule has 108 valence electrons. The summed E-state index contributed by atoms with van der Waals surface area (Å²) in [5, 5.41) is 7.85. The number of nitrogens with one attached hydrogen (secondary N) is 1. The van der Waals surface area contributed by atoms with Crippen molar-refractivity contribution >= 4 is 5.69 Å². The molecule has 0 fully saturated rings. The first-order valence-electron chi connectivity index (χ1n) is 7.07. The van der Waals surface area contributed by atoms with Crippen LogP contribution in [0.1, 0.15) is 25.5 Å². The van der Waals surface area contributed by atoms with Gasteiger partial charge in [-0.05, 0) is 37.6 Å². The first-order chi connectivity index (χ1) is 9.56. The first kappa shape index (κ1) is 14.6. The minimum Gasteiger partial charge on any atom is -0.378 e. The van der Waals surface area contributed by atoms with Gasteiger partial charge in [0.1, 0.15) is 0 Å². The summed E-state index contributed by atoms with van der Waals surface area (Å²) in [6.07, 6.45) is 3.81. The Labute approximate surface area is 121 Å². The molecule has 2 rings (SSSR count). The molecule has 1 N–H and O–H groups in total. The Kier molecular flexibility index (Phi) is 4.79. The average molecular weight is 272 g/mol. The second kappa shape index (κ2) is 6.57. The zero-order valence-electron chi connectivity index (χ0n) is 12.7. The summed E-state index contributed by atoms with van der Waals surface area (Å²) in [6.45, 7) is 5.27. The second-order valence-corrected chi connectivity index (χ2v) is 5.50. The fraction of sp³-hybridized carbons (Fsp3) is 0.438. The monoisotopic (exact) mass is 272 g/mol. The molecular formula is C16H24N4. The molecule has 0 aliphatic rings. The number of hydrogen-bond acceptors (Lipinski definition) is 3. The Morgan fingerprint density at radius 3 is 2.45 bits per heavy atom. The van der Waals surface area contributed by atoms with Gasteiger partial charge in [-0.15, -0.1) is 0 Å². The Morgan fingerprint density at radius 1 is 1.20 bits per heavy atom. The molecule has 0 saturated carbocycles. The van der Waals surface area contributed by atoms with Crippen molar-refractivity contribution in [2.24, 2.45) is 0 Å². The van der Waals surface area contributed by atoms with Gasteiger partial charge in [0.05, 0.1) is 6.54 Å². The molecule has 0 radical (unpaired) electrons. The number of rotatable bonds is 6. The molecular weight excluding hydrogens is 248 g/mol. The summed E-state index contributed by atoms with van der Waals surface area (Å²) in [4.78, 5) is 2.11. The Balaban J connectivity index is 1.92. The molecule has 4 heteroatoms. The summed E-state index contributed by atoms with van der Waals surface area (Å²) < 4.78 is 1.96. The van der Waals surface area contributed by atoms with Crippen molar-refractivity contribution in [1.82, 2.24) is 15.1 Å². The number of benzene rings is 1. The summed E-state index contributed by atoms with van der Waals surface area (Å²) in [7, 11) is 4.12. The van der Waals surface area contributed by atoms with Crippen molar-refractivity contribution in [3.8, 4) is 0 Å². The largest absolute Gasteiger partial charge is 0.378 e. The van der Waals surface area contributed by atoms with Gasteiger partial charge in [0, 0.05) is 44.3 Å². The number of anilines is 1. The lowest BCUT2D eigenvalue weighted by atomic mass is 10.1. The van der Waals surface area contributed by atoms with Crippen molar-refractivity contribution in [1.29, 1.82) is 0 Å². The van der Waals surface area contributed by atoms with Crippen LogP contribution in [0, 0.1) is 0 Å². The van der Waals surface area contributed by atoms with Crippen LogP contribution in [0.15, 0.2) is 42.7 Å². The lowest BCUT2D eigenvalue weighted by Crippen LogP contribution is -2.32. The predicted molar refractivity (Wildman–Crippen MR) is 84.0 cm³/mol. The molecule has 0 saturated heterocycles. The minimum absolute atomic E-state index is 0.330. The summed E-state index contributed by atoms with van der Waals surface area (Å²) in [5.74, 6) is 0. The molecule has 0 spiro atoms. The highest BCUT2D eigenvalue weighted by atomic mass is 15.3. The lowest BCUT2D eigenvalue weighted by Gasteiger charge is -2.21. The number of aromatic nitrogens is 2. The third kappa shape index (κ3) is 3.84. The van der Waals surface area contributed by atoms with Crippen LogP contribution >= 0.6 is 0 Å². The third-order valence-electron chi connectivity index (χ3n) is 3.46. The second-order valence-electron chi connectivity index (χ2n) is 5.50. The third-order valence-corrected chi connectivity index (χ3v) is 3.46. The zero-order valence-corrected chi connectivity index (χ0v) is 12.7. The molecule has 2 unspecified atom stereocenters. The van der Waals surface area contributed by atoms with Gasteiger partial charge >= 0.3 is 0 Å². The topological polar surface area (TPSA) is 33.1 Å². The molecule has 0 aliphatic carbocycles. The van der Waals surface area contributed by atoms with E-state index in [2.05, 4.69) is 67.5 Å². The molecule has 1 heterocycles. The van der Waals surface area contributed by atoms with E-state index in [9.17, 15) is 0 Å². The van der Waals surface area contributed by atoms with E-state index in [1.807, 2.05) is 23.1 Å². The Morgan fingerprint density at radius 2 is 1.90 bits per heavy atom. The van der Waals surface area contributed by atoms with Crippen molar-refractivity contribution in [3.05, 3.63) is 48.3 Å². The van der Waals surface area contributed by atoms with Gasteiger partial charge in [0.25, 0.3) is 0 Å². The van der Waals surface area contributed by atoms with Crippen LogP contribution in [-0.2, 0) is 6.54 Å². The van der Waals surface area contributed by atoms with E-state index < -0.39 is 0 Å². The molecule has 2 aromatic rings. The lowest BCUT2D eigenvalue weighted by molar-refractivity contribution is 0.413. The normalized spacial score (nSPS) is 14.0. The van der Waals surface area contributed by atoms with Gasteiger partial charge in [0.2, 0.25) is 0 Å². The van der Waals surface area contributed by atoms with Crippen LogP contribution in [-0.4, -0.2) is 29.9 Å². The van der Waals surface area contributed by atoms with Crippen molar-refractivity contribution in [2.45, 2.75) is 32.5 Å². The van der Waals surface area contributed by atoms with Gasteiger partial charge in [-0.1, -0.05) is 12.1 Å². The summed E-state index contributed by atoms with van der Waals surface area (Å²) >= 11 is 0. The van der Waals surface area contributed by atoms with Gasteiger partial charge < -0.3 is 10.2 Å². The highest BCUT2D eigenvalue weighted by Gasteiger charge is 2.10. The van der Waals surface area contributed by atoms with E-state index in [4.69, 9.17) is 0 Å². The summed E-state index contributed by atoms with van der Waals surface area (Å²) in [6, 6.07) is 11.4. The highest BCUT2D eigenvalue weighted by Crippen LogP contribution is 2.18.